The number of hydrogen-bond donors (Lipinski definition) is 0. The van der Waals surface area contributed by atoms with Crippen LogP contribution in [0.4, 0.5) is 0 Å². The van der Waals surface area contributed by atoms with Crippen LogP contribution in [0.1, 0.15) is 48.0 Å². The Balaban J connectivity index is 2.98. The highest BCUT2D eigenvalue weighted by molar-refractivity contribution is 5.74. The molecule has 0 aliphatic carbocycles. The fraction of sp³-hybridized carbons (Fsp3) is 0.923. The van der Waals surface area contributed by atoms with E-state index in [9.17, 15) is 4.79 Å². The van der Waals surface area contributed by atoms with E-state index in [1.807, 2.05) is 0 Å². The first-order chi connectivity index (χ1) is 6.64. The normalized spacial score (nSPS) is 28.8. The molecule has 0 amide bonds. The van der Waals surface area contributed by atoms with E-state index < -0.39 is 0 Å². The van der Waals surface area contributed by atoms with Crippen molar-refractivity contribution in [2.45, 2.75) is 48.0 Å². The Morgan fingerprint density at radius 3 is 1.93 bits per heavy atom. The fourth-order valence-electron chi connectivity index (χ4n) is 2.60. The zero-order chi connectivity index (χ0) is 11.9. The summed E-state index contributed by atoms with van der Waals surface area (Å²) in [7, 11) is 0. The molecule has 0 bridgehead atoms. The van der Waals surface area contributed by atoms with Crippen LogP contribution in [-0.4, -0.2) is 12.6 Å². The fourth-order valence-corrected chi connectivity index (χ4v) is 2.60. The summed E-state index contributed by atoms with van der Waals surface area (Å²) in [6.07, 6.45) is 0.997. The van der Waals surface area contributed by atoms with E-state index in [2.05, 4.69) is 41.5 Å². The first-order valence-corrected chi connectivity index (χ1v) is 5.80. The van der Waals surface area contributed by atoms with Crippen molar-refractivity contribution in [1.82, 2.24) is 0 Å². The molecule has 2 unspecified atom stereocenters. The van der Waals surface area contributed by atoms with Crippen LogP contribution in [0.25, 0.3) is 0 Å². The van der Waals surface area contributed by atoms with E-state index >= 15 is 0 Å². The van der Waals surface area contributed by atoms with Gasteiger partial charge >= 0.3 is 5.97 Å². The summed E-state index contributed by atoms with van der Waals surface area (Å²) in [5.41, 5.74) is 0.173. The summed E-state index contributed by atoms with van der Waals surface area (Å²) in [6.45, 7) is 13.6. The Morgan fingerprint density at radius 1 is 1.07 bits per heavy atom. The summed E-state index contributed by atoms with van der Waals surface area (Å²) in [6, 6.07) is 0. The average Bonchev–Trinajstić information content (AvgIpc) is 1.99. The first kappa shape index (κ1) is 12.5. The van der Waals surface area contributed by atoms with Gasteiger partial charge in [-0.05, 0) is 23.2 Å². The van der Waals surface area contributed by atoms with Gasteiger partial charge in [-0.25, -0.2) is 0 Å². The SMILES string of the molecule is CC(C)(C)C1CCOC(=O)C1C(C)(C)C. The van der Waals surface area contributed by atoms with Crippen molar-refractivity contribution in [2.75, 3.05) is 6.61 Å². The Hall–Kier alpha value is -0.530. The van der Waals surface area contributed by atoms with Crippen LogP contribution in [0.5, 0.6) is 0 Å². The standard InChI is InChI=1S/C13H24O2/c1-12(2,3)9-7-8-15-11(14)10(9)13(4,5)6/h9-10H,7-8H2,1-6H3. The predicted molar refractivity (Wildman–Crippen MR) is 61.5 cm³/mol. The summed E-state index contributed by atoms with van der Waals surface area (Å²) >= 11 is 0. The smallest absolute Gasteiger partial charge is 0.309 e. The van der Waals surface area contributed by atoms with E-state index in [0.717, 1.165) is 6.42 Å². The minimum atomic E-state index is -0.00586. The molecule has 1 aliphatic heterocycles. The lowest BCUT2D eigenvalue weighted by Gasteiger charge is -2.44. The Bertz CT molecular complexity index is 242. The maximum atomic E-state index is 11.9. The van der Waals surface area contributed by atoms with Crippen molar-refractivity contribution in [3.05, 3.63) is 0 Å². The van der Waals surface area contributed by atoms with Crippen LogP contribution >= 0.6 is 0 Å². The number of carbonyl (C=O) groups is 1. The molecular weight excluding hydrogens is 188 g/mol. The van der Waals surface area contributed by atoms with Gasteiger partial charge < -0.3 is 4.74 Å². The maximum absolute atomic E-state index is 11.9. The molecule has 2 heteroatoms. The van der Waals surface area contributed by atoms with E-state index in [4.69, 9.17) is 4.74 Å². The van der Waals surface area contributed by atoms with Gasteiger partial charge in [0.2, 0.25) is 0 Å². The molecule has 0 N–H and O–H groups in total. The van der Waals surface area contributed by atoms with Crippen LogP contribution in [0.15, 0.2) is 0 Å². The Kier molecular flexibility index (Phi) is 3.18. The molecule has 88 valence electrons. The number of hydrogen-bond acceptors (Lipinski definition) is 2. The third-order valence-corrected chi connectivity index (χ3v) is 3.37. The van der Waals surface area contributed by atoms with Gasteiger partial charge in [-0.2, -0.15) is 0 Å². The number of cyclic esters (lactones) is 1. The quantitative estimate of drug-likeness (QED) is 0.576. The number of carbonyl (C=O) groups excluding carboxylic acids is 1. The van der Waals surface area contributed by atoms with Crippen molar-refractivity contribution >= 4 is 5.97 Å². The molecule has 0 aromatic heterocycles. The zero-order valence-corrected chi connectivity index (χ0v) is 10.9. The highest BCUT2D eigenvalue weighted by Gasteiger charge is 2.46. The number of ether oxygens (including phenoxy) is 1. The van der Waals surface area contributed by atoms with E-state index in [1.165, 1.54) is 0 Å². The molecule has 2 atom stereocenters. The summed E-state index contributed by atoms with van der Waals surface area (Å²) in [4.78, 5) is 11.9. The average molecular weight is 212 g/mol. The van der Waals surface area contributed by atoms with Gasteiger partial charge in [-0.15, -0.1) is 0 Å². The molecule has 1 aliphatic rings. The van der Waals surface area contributed by atoms with Crippen LogP contribution in [0, 0.1) is 22.7 Å². The molecule has 0 radical (unpaired) electrons. The summed E-state index contributed by atoms with van der Waals surface area (Å²) in [5.74, 6) is 0.457. The van der Waals surface area contributed by atoms with Gasteiger partial charge in [-0.1, -0.05) is 41.5 Å². The highest BCUT2D eigenvalue weighted by Crippen LogP contribution is 2.45. The van der Waals surface area contributed by atoms with Crippen molar-refractivity contribution in [3.63, 3.8) is 0 Å². The molecule has 1 fully saturated rings. The zero-order valence-electron chi connectivity index (χ0n) is 10.9. The highest BCUT2D eigenvalue weighted by atomic mass is 16.5. The van der Waals surface area contributed by atoms with Crippen LogP contribution in [0.3, 0.4) is 0 Å². The van der Waals surface area contributed by atoms with E-state index in [0.29, 0.717) is 12.5 Å². The molecule has 15 heavy (non-hydrogen) atoms. The van der Waals surface area contributed by atoms with Gasteiger partial charge in [0.05, 0.1) is 12.5 Å². The molecule has 0 aromatic carbocycles. The predicted octanol–water partition coefficient (Wildman–Crippen LogP) is 3.26. The van der Waals surface area contributed by atoms with Gasteiger partial charge in [-0.3, -0.25) is 4.79 Å². The maximum Gasteiger partial charge on any atom is 0.309 e. The molecule has 1 rings (SSSR count). The van der Waals surface area contributed by atoms with E-state index in [-0.39, 0.29) is 22.7 Å². The lowest BCUT2D eigenvalue weighted by molar-refractivity contribution is -0.167. The summed E-state index contributed by atoms with van der Waals surface area (Å²) < 4.78 is 5.20. The monoisotopic (exact) mass is 212 g/mol. The molecule has 0 saturated carbocycles. The second-order valence-corrected chi connectivity index (χ2v) is 6.77. The van der Waals surface area contributed by atoms with Crippen molar-refractivity contribution in [3.8, 4) is 0 Å². The van der Waals surface area contributed by atoms with Crippen LogP contribution in [-0.2, 0) is 9.53 Å². The number of esters is 1. The Morgan fingerprint density at radius 2 is 1.60 bits per heavy atom. The largest absolute Gasteiger partial charge is 0.465 e. The van der Waals surface area contributed by atoms with Crippen molar-refractivity contribution in [2.24, 2.45) is 22.7 Å². The molecule has 1 heterocycles. The molecular formula is C13H24O2. The van der Waals surface area contributed by atoms with Gasteiger partial charge in [0.25, 0.3) is 0 Å². The second kappa shape index (κ2) is 3.80. The topological polar surface area (TPSA) is 26.3 Å². The van der Waals surface area contributed by atoms with Crippen molar-refractivity contribution < 1.29 is 9.53 Å². The van der Waals surface area contributed by atoms with Crippen LogP contribution in [0.2, 0.25) is 0 Å². The van der Waals surface area contributed by atoms with E-state index in [1.54, 1.807) is 0 Å². The van der Waals surface area contributed by atoms with Crippen molar-refractivity contribution in [1.29, 1.82) is 0 Å². The third-order valence-electron chi connectivity index (χ3n) is 3.37. The molecule has 2 nitrogen and oxygen atoms in total. The Labute approximate surface area is 93.4 Å². The number of rotatable bonds is 0. The second-order valence-electron chi connectivity index (χ2n) is 6.77. The minimum Gasteiger partial charge on any atom is -0.465 e. The van der Waals surface area contributed by atoms with Crippen LogP contribution < -0.4 is 0 Å². The molecule has 0 spiro atoms. The first-order valence-electron chi connectivity index (χ1n) is 5.80. The lowest BCUT2D eigenvalue weighted by atomic mass is 9.62. The van der Waals surface area contributed by atoms with Gasteiger partial charge in [0.15, 0.2) is 0 Å². The minimum absolute atomic E-state index is 0.00451. The van der Waals surface area contributed by atoms with Gasteiger partial charge in [0.1, 0.15) is 0 Å². The third kappa shape index (κ3) is 2.73. The summed E-state index contributed by atoms with van der Waals surface area (Å²) in [5, 5.41) is 0. The molecule has 1 saturated heterocycles. The van der Waals surface area contributed by atoms with Gasteiger partial charge in [0, 0.05) is 0 Å². The lowest BCUT2D eigenvalue weighted by Crippen LogP contribution is -2.45. The molecule has 0 aromatic rings.